The van der Waals surface area contributed by atoms with E-state index in [1.54, 1.807) is 0 Å². The van der Waals surface area contributed by atoms with Crippen LogP contribution in [0.3, 0.4) is 0 Å². The quantitative estimate of drug-likeness (QED) is 0.727. The molecule has 0 unspecified atom stereocenters. The number of amides is 1. The van der Waals surface area contributed by atoms with Gasteiger partial charge < -0.3 is 9.64 Å². The summed E-state index contributed by atoms with van der Waals surface area (Å²) in [5.74, 6) is 3.02. The Balaban J connectivity index is 1.59. The predicted molar refractivity (Wildman–Crippen MR) is 72.6 cm³/mol. The third-order valence-corrected chi connectivity index (χ3v) is 6.11. The first-order valence-electron chi connectivity index (χ1n) is 8.12. The summed E-state index contributed by atoms with van der Waals surface area (Å²) < 4.78 is 5.40. The van der Waals surface area contributed by atoms with Gasteiger partial charge in [-0.15, -0.1) is 0 Å². The van der Waals surface area contributed by atoms with Crippen molar-refractivity contribution < 1.29 is 9.53 Å². The minimum absolute atomic E-state index is 0.0321. The lowest BCUT2D eigenvalue weighted by molar-refractivity contribution is -0.154. The fraction of sp³-hybridized carbons (Fsp3) is 0.938. The first kappa shape index (κ1) is 12.2. The Hall–Kier alpha value is -0.570. The van der Waals surface area contributed by atoms with Gasteiger partial charge in [0.1, 0.15) is 0 Å². The normalized spacial score (nSPS) is 45.3. The monoisotopic (exact) mass is 263 g/mol. The van der Waals surface area contributed by atoms with Crippen LogP contribution < -0.4 is 0 Å². The molecule has 4 aliphatic carbocycles. The summed E-state index contributed by atoms with van der Waals surface area (Å²) in [5.41, 5.74) is 0.0321. The lowest BCUT2D eigenvalue weighted by Gasteiger charge is -2.49. The molecule has 0 N–H and O–H groups in total. The molecule has 5 aliphatic rings. The third-order valence-electron chi connectivity index (χ3n) is 6.11. The highest BCUT2D eigenvalue weighted by atomic mass is 16.5. The van der Waals surface area contributed by atoms with Gasteiger partial charge in [0.2, 0.25) is 5.91 Å². The second kappa shape index (κ2) is 4.47. The van der Waals surface area contributed by atoms with Gasteiger partial charge in [-0.25, -0.2) is 0 Å². The average Bonchev–Trinajstić information content (AvgIpc) is 2.65. The van der Waals surface area contributed by atoms with Crippen LogP contribution in [0.4, 0.5) is 0 Å². The molecule has 5 rings (SSSR count). The van der Waals surface area contributed by atoms with Gasteiger partial charge in [-0.3, -0.25) is 4.79 Å². The molecule has 1 saturated heterocycles. The summed E-state index contributed by atoms with van der Waals surface area (Å²) in [6.07, 6.45) is 9.17. The molecule has 5 fully saturated rings. The first-order chi connectivity index (χ1) is 9.25. The van der Waals surface area contributed by atoms with E-state index in [2.05, 4.69) is 4.90 Å². The SMILES string of the molecule is O=C(N1CCOCC1)C12CC3C[C@H](CC[C@@H](C3)C1)C2. The van der Waals surface area contributed by atoms with Crippen molar-refractivity contribution in [3.05, 3.63) is 0 Å². The molecule has 4 bridgehead atoms. The fourth-order valence-electron chi connectivity index (χ4n) is 5.56. The number of carbonyl (C=O) groups excluding carboxylic acids is 1. The first-order valence-corrected chi connectivity index (χ1v) is 8.12. The second-order valence-electron chi connectivity index (χ2n) is 7.44. The van der Waals surface area contributed by atoms with E-state index >= 15 is 0 Å². The lowest BCUT2D eigenvalue weighted by atomic mass is 9.58. The predicted octanol–water partition coefficient (Wildman–Crippen LogP) is 2.45. The maximum Gasteiger partial charge on any atom is 0.228 e. The van der Waals surface area contributed by atoms with Gasteiger partial charge in [-0.2, -0.15) is 0 Å². The van der Waals surface area contributed by atoms with Crippen molar-refractivity contribution >= 4 is 5.91 Å². The number of rotatable bonds is 1. The van der Waals surface area contributed by atoms with E-state index in [1.165, 1.54) is 44.9 Å². The molecule has 0 radical (unpaired) electrons. The summed E-state index contributed by atoms with van der Waals surface area (Å²) in [6, 6.07) is 0. The number of fused-ring (bicyclic) bond motifs is 1. The van der Waals surface area contributed by atoms with Crippen LogP contribution in [0.5, 0.6) is 0 Å². The van der Waals surface area contributed by atoms with Crippen molar-refractivity contribution in [2.75, 3.05) is 26.3 Å². The fourth-order valence-corrected chi connectivity index (χ4v) is 5.56. The summed E-state index contributed by atoms with van der Waals surface area (Å²) in [5, 5.41) is 0. The zero-order valence-corrected chi connectivity index (χ0v) is 11.8. The Kier molecular flexibility index (Phi) is 2.87. The second-order valence-corrected chi connectivity index (χ2v) is 7.44. The largest absolute Gasteiger partial charge is 0.378 e. The minimum atomic E-state index is 0.0321. The summed E-state index contributed by atoms with van der Waals surface area (Å²) in [4.78, 5) is 15.2. The Bertz CT molecular complexity index is 359. The molecular formula is C16H25NO2. The van der Waals surface area contributed by atoms with Crippen molar-refractivity contribution in [2.45, 2.75) is 44.9 Å². The number of carbonyl (C=O) groups is 1. The molecule has 2 atom stereocenters. The van der Waals surface area contributed by atoms with Crippen LogP contribution in [0.2, 0.25) is 0 Å². The number of ether oxygens (including phenoxy) is 1. The van der Waals surface area contributed by atoms with Crippen LogP contribution in [0.1, 0.15) is 44.9 Å². The maximum absolute atomic E-state index is 13.1. The van der Waals surface area contributed by atoms with Gasteiger partial charge in [0.15, 0.2) is 0 Å². The third kappa shape index (κ3) is 2.01. The summed E-state index contributed by atoms with van der Waals surface area (Å²) >= 11 is 0. The molecule has 3 heteroatoms. The Morgan fingerprint density at radius 3 is 2.16 bits per heavy atom. The molecule has 4 saturated carbocycles. The summed E-state index contributed by atoms with van der Waals surface area (Å²) in [7, 11) is 0. The van der Waals surface area contributed by atoms with Crippen LogP contribution in [0.25, 0.3) is 0 Å². The van der Waals surface area contributed by atoms with Crippen LogP contribution in [0.15, 0.2) is 0 Å². The van der Waals surface area contributed by atoms with Crippen molar-refractivity contribution in [3.63, 3.8) is 0 Å². The van der Waals surface area contributed by atoms with Gasteiger partial charge in [-0.1, -0.05) is 12.8 Å². The van der Waals surface area contributed by atoms with Crippen LogP contribution in [-0.2, 0) is 9.53 Å². The number of nitrogens with zero attached hydrogens (tertiary/aromatic N) is 1. The molecule has 0 aromatic heterocycles. The number of morpholine rings is 1. The van der Waals surface area contributed by atoms with Crippen LogP contribution in [-0.4, -0.2) is 37.1 Å². The van der Waals surface area contributed by atoms with E-state index in [9.17, 15) is 4.79 Å². The molecular weight excluding hydrogens is 238 g/mol. The molecule has 1 aliphatic heterocycles. The number of hydrogen-bond donors (Lipinski definition) is 0. The lowest BCUT2D eigenvalue weighted by Crippen LogP contribution is -2.53. The van der Waals surface area contributed by atoms with Crippen molar-refractivity contribution in [2.24, 2.45) is 23.2 Å². The number of hydrogen-bond acceptors (Lipinski definition) is 2. The molecule has 1 heterocycles. The molecule has 0 spiro atoms. The molecule has 3 nitrogen and oxygen atoms in total. The van der Waals surface area contributed by atoms with Crippen LogP contribution >= 0.6 is 0 Å². The minimum Gasteiger partial charge on any atom is -0.378 e. The highest BCUT2D eigenvalue weighted by molar-refractivity contribution is 5.83. The topological polar surface area (TPSA) is 29.5 Å². The van der Waals surface area contributed by atoms with E-state index in [4.69, 9.17) is 4.74 Å². The smallest absolute Gasteiger partial charge is 0.228 e. The highest BCUT2D eigenvalue weighted by Gasteiger charge is 2.53. The van der Waals surface area contributed by atoms with E-state index in [0.717, 1.165) is 44.1 Å². The van der Waals surface area contributed by atoms with Crippen LogP contribution in [0, 0.1) is 23.2 Å². The van der Waals surface area contributed by atoms with E-state index in [-0.39, 0.29) is 5.41 Å². The van der Waals surface area contributed by atoms with Gasteiger partial charge in [0.05, 0.1) is 18.6 Å². The van der Waals surface area contributed by atoms with Gasteiger partial charge in [-0.05, 0) is 49.9 Å². The molecule has 19 heavy (non-hydrogen) atoms. The Morgan fingerprint density at radius 1 is 0.947 bits per heavy atom. The van der Waals surface area contributed by atoms with E-state index in [0.29, 0.717) is 5.91 Å². The Labute approximate surface area is 115 Å². The van der Waals surface area contributed by atoms with Gasteiger partial charge in [0, 0.05) is 13.1 Å². The van der Waals surface area contributed by atoms with Gasteiger partial charge in [0.25, 0.3) is 0 Å². The molecule has 106 valence electrons. The molecule has 1 amide bonds. The average molecular weight is 263 g/mol. The Morgan fingerprint density at radius 2 is 1.53 bits per heavy atom. The molecule has 0 aromatic carbocycles. The van der Waals surface area contributed by atoms with Gasteiger partial charge >= 0.3 is 0 Å². The van der Waals surface area contributed by atoms with Crippen molar-refractivity contribution in [1.29, 1.82) is 0 Å². The zero-order chi connectivity index (χ0) is 12.9. The highest BCUT2D eigenvalue weighted by Crippen LogP contribution is 2.58. The molecule has 0 aromatic rings. The zero-order valence-electron chi connectivity index (χ0n) is 11.8. The van der Waals surface area contributed by atoms with Crippen molar-refractivity contribution in [1.82, 2.24) is 4.90 Å². The maximum atomic E-state index is 13.1. The van der Waals surface area contributed by atoms with Crippen molar-refractivity contribution in [3.8, 4) is 0 Å². The van der Waals surface area contributed by atoms with E-state index in [1.807, 2.05) is 0 Å². The standard InChI is InChI=1S/C16H25NO2/c18-15(17-3-5-19-6-4-17)16-9-12-1-2-13(10-16)8-14(7-12)11-16/h12-14H,1-11H2/t12-,13-,14?,16?/m0/s1. The van der Waals surface area contributed by atoms with E-state index < -0.39 is 0 Å². The summed E-state index contributed by atoms with van der Waals surface area (Å²) in [6.45, 7) is 3.11.